The van der Waals surface area contributed by atoms with Gasteiger partial charge in [-0.3, -0.25) is 4.79 Å². The Morgan fingerprint density at radius 3 is 2.79 bits per heavy atom. The number of rotatable bonds is 2. The molecular formula is C13H20O. The van der Waals surface area contributed by atoms with Crippen molar-refractivity contribution in [1.82, 2.24) is 0 Å². The molecule has 0 saturated heterocycles. The lowest BCUT2D eigenvalue weighted by atomic mass is 9.67. The first-order valence-corrected chi connectivity index (χ1v) is 5.58. The van der Waals surface area contributed by atoms with Crippen LogP contribution in [0.15, 0.2) is 12.2 Å². The van der Waals surface area contributed by atoms with Crippen molar-refractivity contribution >= 4 is 5.78 Å². The molecule has 0 radical (unpaired) electrons. The van der Waals surface area contributed by atoms with Crippen LogP contribution in [0.2, 0.25) is 0 Å². The molecule has 2 aliphatic rings. The van der Waals surface area contributed by atoms with Crippen molar-refractivity contribution in [2.45, 2.75) is 46.5 Å². The molecule has 2 rings (SSSR count). The van der Waals surface area contributed by atoms with Crippen LogP contribution in [0.3, 0.4) is 0 Å². The lowest BCUT2D eigenvalue weighted by Crippen LogP contribution is -2.38. The second kappa shape index (κ2) is 2.71. The Bertz CT molecular complexity index is 304. The van der Waals surface area contributed by atoms with E-state index in [0.29, 0.717) is 11.7 Å². The molecule has 2 saturated carbocycles. The second-order valence-electron chi connectivity index (χ2n) is 5.88. The molecule has 0 aromatic rings. The molecule has 0 amide bonds. The van der Waals surface area contributed by atoms with E-state index < -0.39 is 0 Å². The van der Waals surface area contributed by atoms with E-state index in [1.54, 1.807) is 0 Å². The molecule has 0 aromatic heterocycles. The van der Waals surface area contributed by atoms with Crippen molar-refractivity contribution in [3.8, 4) is 0 Å². The normalized spacial score (nSPS) is 45.9. The smallest absolute Gasteiger partial charge is 0.145 e. The van der Waals surface area contributed by atoms with Crippen LogP contribution >= 0.6 is 0 Å². The summed E-state index contributed by atoms with van der Waals surface area (Å²) in [5.41, 5.74) is 1.08. The fraction of sp³-hybridized carbons (Fsp3) is 0.769. The Balaban J connectivity index is 2.20. The van der Waals surface area contributed by atoms with Gasteiger partial charge in [-0.15, -0.1) is 6.58 Å². The fourth-order valence-electron chi connectivity index (χ4n) is 3.28. The maximum absolute atomic E-state index is 12.3. The number of carbonyl (C=O) groups is 1. The molecule has 0 aromatic carbocycles. The third-order valence-electron chi connectivity index (χ3n) is 4.21. The average molecular weight is 192 g/mol. The number of carbonyl (C=O) groups excluding carboxylic acids is 1. The highest BCUT2D eigenvalue weighted by molar-refractivity contribution is 5.93. The summed E-state index contributed by atoms with van der Waals surface area (Å²) in [5.74, 6) is 1.21. The summed E-state index contributed by atoms with van der Waals surface area (Å²) in [6.07, 6.45) is 4.33. The first kappa shape index (κ1) is 9.95. The Hall–Kier alpha value is -0.590. The minimum Gasteiger partial charge on any atom is -0.298 e. The van der Waals surface area contributed by atoms with E-state index in [2.05, 4.69) is 20.4 Å². The minimum atomic E-state index is -0.104. The largest absolute Gasteiger partial charge is 0.298 e. The number of allylic oxidation sites excluding steroid dienone is 1. The van der Waals surface area contributed by atoms with Crippen molar-refractivity contribution in [1.29, 1.82) is 0 Å². The van der Waals surface area contributed by atoms with Gasteiger partial charge in [-0.05, 0) is 38.5 Å². The zero-order valence-electron chi connectivity index (χ0n) is 9.52. The molecule has 1 heteroatoms. The summed E-state index contributed by atoms with van der Waals surface area (Å²) in [7, 11) is 0. The lowest BCUT2D eigenvalue weighted by molar-refractivity contribution is -0.136. The molecular weight excluding hydrogens is 172 g/mol. The van der Waals surface area contributed by atoms with E-state index in [9.17, 15) is 4.79 Å². The molecule has 0 aliphatic heterocycles. The molecule has 0 heterocycles. The molecule has 0 spiro atoms. The number of hydrogen-bond donors (Lipinski definition) is 0. The highest BCUT2D eigenvalue weighted by Gasteiger charge is 2.62. The van der Waals surface area contributed by atoms with Gasteiger partial charge in [0.2, 0.25) is 0 Å². The van der Waals surface area contributed by atoms with E-state index in [1.165, 1.54) is 6.42 Å². The van der Waals surface area contributed by atoms with Crippen molar-refractivity contribution in [2.24, 2.45) is 16.7 Å². The third-order valence-corrected chi connectivity index (χ3v) is 4.21. The van der Waals surface area contributed by atoms with E-state index in [-0.39, 0.29) is 10.8 Å². The summed E-state index contributed by atoms with van der Waals surface area (Å²) < 4.78 is 0. The van der Waals surface area contributed by atoms with Gasteiger partial charge >= 0.3 is 0 Å². The summed E-state index contributed by atoms with van der Waals surface area (Å²) in [6, 6.07) is 0. The number of fused-ring (bicyclic) bond motifs is 1. The van der Waals surface area contributed by atoms with Crippen LogP contribution < -0.4 is 0 Å². The molecule has 0 unspecified atom stereocenters. The van der Waals surface area contributed by atoms with Gasteiger partial charge < -0.3 is 0 Å². The van der Waals surface area contributed by atoms with E-state index in [4.69, 9.17) is 0 Å². The van der Waals surface area contributed by atoms with Crippen LogP contribution in [0.4, 0.5) is 0 Å². The van der Waals surface area contributed by atoms with Gasteiger partial charge in [-0.25, -0.2) is 0 Å². The topological polar surface area (TPSA) is 17.1 Å². The zero-order chi connectivity index (χ0) is 10.6. The summed E-state index contributed by atoms with van der Waals surface area (Å²) in [6.45, 7) is 10.2. The van der Waals surface area contributed by atoms with Crippen LogP contribution in [0.1, 0.15) is 46.5 Å². The molecule has 0 N–H and O–H groups in total. The standard InChI is InChI=1S/C13H20O/c1-9(2)7-12(3)6-5-10-8-13(10,4)11(12)14/h10H,1,5-8H2,2-4H3/t10-,12-,13+/m1/s1. The Labute approximate surface area is 86.6 Å². The predicted molar refractivity (Wildman–Crippen MR) is 58.0 cm³/mol. The number of Topliss-reactive ketones (excluding diaryl/α,β-unsaturated/α-hetero) is 1. The quantitative estimate of drug-likeness (QED) is 0.613. The van der Waals surface area contributed by atoms with E-state index >= 15 is 0 Å². The van der Waals surface area contributed by atoms with Gasteiger partial charge in [-0.1, -0.05) is 19.4 Å². The summed E-state index contributed by atoms with van der Waals surface area (Å²) in [5, 5.41) is 0. The Morgan fingerprint density at radius 2 is 2.21 bits per heavy atom. The highest BCUT2D eigenvalue weighted by atomic mass is 16.1. The first-order valence-electron chi connectivity index (χ1n) is 5.58. The average Bonchev–Trinajstić information content (AvgIpc) is 2.72. The molecule has 3 atom stereocenters. The molecule has 14 heavy (non-hydrogen) atoms. The van der Waals surface area contributed by atoms with Crippen LogP contribution in [-0.4, -0.2) is 5.78 Å². The molecule has 78 valence electrons. The van der Waals surface area contributed by atoms with Crippen molar-refractivity contribution in [2.75, 3.05) is 0 Å². The molecule has 2 aliphatic carbocycles. The molecule has 1 nitrogen and oxygen atoms in total. The highest BCUT2D eigenvalue weighted by Crippen LogP contribution is 2.63. The SMILES string of the molecule is C=C(C)C[C@@]1(C)CC[C@@H]2C[C@]2(C)C1=O. The van der Waals surface area contributed by atoms with Gasteiger partial charge in [0.25, 0.3) is 0 Å². The van der Waals surface area contributed by atoms with Gasteiger partial charge in [-0.2, -0.15) is 0 Å². The Kier molecular flexibility index (Phi) is 1.93. The predicted octanol–water partition coefficient (Wildman–Crippen LogP) is 3.35. The minimum absolute atomic E-state index is 0.0441. The first-order chi connectivity index (χ1) is 6.38. The second-order valence-corrected chi connectivity index (χ2v) is 5.88. The van der Waals surface area contributed by atoms with Gasteiger partial charge in [0, 0.05) is 10.8 Å². The van der Waals surface area contributed by atoms with Gasteiger partial charge in [0.1, 0.15) is 5.78 Å². The van der Waals surface area contributed by atoms with Crippen molar-refractivity contribution in [3.63, 3.8) is 0 Å². The molecule has 2 fully saturated rings. The van der Waals surface area contributed by atoms with Gasteiger partial charge in [0.05, 0.1) is 0 Å². The maximum Gasteiger partial charge on any atom is 0.145 e. The van der Waals surface area contributed by atoms with E-state index in [0.717, 1.165) is 24.8 Å². The number of hydrogen-bond acceptors (Lipinski definition) is 1. The van der Waals surface area contributed by atoms with Crippen LogP contribution in [0, 0.1) is 16.7 Å². The lowest BCUT2D eigenvalue weighted by Gasteiger charge is -2.35. The molecule has 0 bridgehead atoms. The van der Waals surface area contributed by atoms with Crippen LogP contribution in [-0.2, 0) is 4.79 Å². The Morgan fingerprint density at radius 1 is 1.57 bits per heavy atom. The van der Waals surface area contributed by atoms with Crippen molar-refractivity contribution in [3.05, 3.63) is 12.2 Å². The van der Waals surface area contributed by atoms with E-state index in [1.807, 2.05) is 6.92 Å². The zero-order valence-corrected chi connectivity index (χ0v) is 9.52. The number of ketones is 1. The third kappa shape index (κ3) is 1.25. The van der Waals surface area contributed by atoms with Crippen LogP contribution in [0.5, 0.6) is 0 Å². The monoisotopic (exact) mass is 192 g/mol. The van der Waals surface area contributed by atoms with Crippen molar-refractivity contribution < 1.29 is 4.79 Å². The fourth-order valence-corrected chi connectivity index (χ4v) is 3.28. The summed E-state index contributed by atoms with van der Waals surface area (Å²) >= 11 is 0. The summed E-state index contributed by atoms with van der Waals surface area (Å²) in [4.78, 5) is 12.3. The van der Waals surface area contributed by atoms with Gasteiger partial charge in [0.15, 0.2) is 0 Å². The maximum atomic E-state index is 12.3. The van der Waals surface area contributed by atoms with Crippen LogP contribution in [0.25, 0.3) is 0 Å².